The predicted molar refractivity (Wildman–Crippen MR) is 101 cm³/mol. The highest BCUT2D eigenvalue weighted by Gasteiger charge is 2.17. The van der Waals surface area contributed by atoms with E-state index in [9.17, 15) is 10.1 Å². The quantitative estimate of drug-likeness (QED) is 0.638. The lowest BCUT2D eigenvalue weighted by Crippen LogP contribution is -2.13. The molecular weight excluding hydrogens is 326 g/mol. The molecule has 0 aliphatic rings. The fourth-order valence-electron chi connectivity index (χ4n) is 2.83. The number of nitriles is 1. The standard InChI is InChI=1S/C22H25NO3/c1-25-20-12-7-17(8-13-20)4-3-5-22(24)19(16-23)11-6-18-9-14-21(26-2)15-10-18/h7-10,12-15,19H,3-6,11H2,1-2H3. The van der Waals surface area contributed by atoms with Crippen LogP contribution in [0.1, 0.15) is 30.4 Å². The number of rotatable bonds is 10. The number of hydrogen-bond acceptors (Lipinski definition) is 4. The van der Waals surface area contributed by atoms with Crippen LogP contribution in [0.4, 0.5) is 0 Å². The van der Waals surface area contributed by atoms with Crippen LogP contribution in [0.15, 0.2) is 48.5 Å². The fourth-order valence-corrected chi connectivity index (χ4v) is 2.83. The average Bonchev–Trinajstić information content (AvgIpc) is 2.69. The molecule has 2 rings (SSSR count). The lowest BCUT2D eigenvalue weighted by molar-refractivity contribution is -0.121. The number of hydrogen-bond donors (Lipinski definition) is 0. The fraction of sp³-hybridized carbons (Fsp3) is 0.364. The monoisotopic (exact) mass is 351 g/mol. The van der Waals surface area contributed by atoms with Crippen molar-refractivity contribution in [1.82, 2.24) is 0 Å². The maximum atomic E-state index is 12.3. The minimum atomic E-state index is -0.534. The second-order valence-electron chi connectivity index (χ2n) is 6.24. The zero-order chi connectivity index (χ0) is 18.8. The number of carbonyl (C=O) groups is 1. The number of Topliss-reactive ketones (excluding diaryl/α,β-unsaturated/α-hetero) is 1. The molecule has 26 heavy (non-hydrogen) atoms. The van der Waals surface area contributed by atoms with Crippen molar-refractivity contribution in [2.75, 3.05) is 14.2 Å². The Morgan fingerprint density at radius 3 is 1.88 bits per heavy atom. The van der Waals surface area contributed by atoms with E-state index in [4.69, 9.17) is 9.47 Å². The van der Waals surface area contributed by atoms with Gasteiger partial charge >= 0.3 is 0 Å². The van der Waals surface area contributed by atoms with Crippen LogP contribution in [-0.2, 0) is 17.6 Å². The summed E-state index contributed by atoms with van der Waals surface area (Å²) in [4.78, 5) is 12.3. The largest absolute Gasteiger partial charge is 0.497 e. The summed E-state index contributed by atoms with van der Waals surface area (Å²) in [6.07, 6.45) is 3.29. The Morgan fingerprint density at radius 1 is 0.923 bits per heavy atom. The van der Waals surface area contributed by atoms with Crippen molar-refractivity contribution in [3.63, 3.8) is 0 Å². The molecule has 1 unspecified atom stereocenters. The lowest BCUT2D eigenvalue weighted by atomic mass is 9.93. The van der Waals surface area contributed by atoms with E-state index in [1.54, 1.807) is 14.2 Å². The summed E-state index contributed by atoms with van der Waals surface area (Å²) in [7, 11) is 3.27. The molecule has 0 saturated carbocycles. The van der Waals surface area contributed by atoms with Crippen molar-refractivity contribution in [3.8, 4) is 17.6 Å². The second-order valence-corrected chi connectivity index (χ2v) is 6.24. The molecule has 0 amide bonds. The molecule has 2 aromatic rings. The van der Waals surface area contributed by atoms with Crippen LogP contribution >= 0.6 is 0 Å². The van der Waals surface area contributed by atoms with Gasteiger partial charge in [0.15, 0.2) is 0 Å². The Bertz CT molecular complexity index is 729. The van der Waals surface area contributed by atoms with Crippen LogP contribution in [0.5, 0.6) is 11.5 Å². The maximum Gasteiger partial charge on any atom is 0.150 e. The Morgan fingerprint density at radius 2 is 1.42 bits per heavy atom. The molecule has 4 heteroatoms. The van der Waals surface area contributed by atoms with Crippen LogP contribution in [0.2, 0.25) is 0 Å². The highest BCUT2D eigenvalue weighted by Crippen LogP contribution is 2.18. The van der Waals surface area contributed by atoms with Gasteiger partial charge in [0, 0.05) is 6.42 Å². The molecule has 0 N–H and O–H groups in total. The molecule has 0 aliphatic heterocycles. The van der Waals surface area contributed by atoms with Gasteiger partial charge in [0.05, 0.1) is 20.3 Å². The molecule has 0 fully saturated rings. The van der Waals surface area contributed by atoms with E-state index < -0.39 is 5.92 Å². The zero-order valence-corrected chi connectivity index (χ0v) is 15.4. The first-order chi connectivity index (χ1) is 12.7. The molecule has 0 saturated heterocycles. The Hall–Kier alpha value is -2.80. The van der Waals surface area contributed by atoms with E-state index in [1.807, 2.05) is 48.5 Å². The van der Waals surface area contributed by atoms with Gasteiger partial charge < -0.3 is 9.47 Å². The highest BCUT2D eigenvalue weighted by atomic mass is 16.5. The second kappa shape index (κ2) is 10.2. The van der Waals surface area contributed by atoms with Crippen LogP contribution < -0.4 is 9.47 Å². The number of nitrogens with zero attached hydrogens (tertiary/aromatic N) is 1. The maximum absolute atomic E-state index is 12.3. The average molecular weight is 351 g/mol. The number of aryl methyl sites for hydroxylation is 2. The molecule has 1 atom stereocenters. The minimum absolute atomic E-state index is 0.0366. The van der Waals surface area contributed by atoms with Crippen LogP contribution in [0, 0.1) is 17.2 Å². The molecule has 0 aliphatic carbocycles. The summed E-state index contributed by atoms with van der Waals surface area (Å²) in [5.41, 5.74) is 2.28. The molecule has 136 valence electrons. The van der Waals surface area contributed by atoms with Crippen molar-refractivity contribution >= 4 is 5.78 Å². The number of methoxy groups -OCH3 is 2. The normalized spacial score (nSPS) is 11.4. The number of ether oxygens (including phenoxy) is 2. The van der Waals surface area contributed by atoms with Crippen molar-refractivity contribution in [3.05, 3.63) is 59.7 Å². The molecular formula is C22H25NO3. The first-order valence-electron chi connectivity index (χ1n) is 8.84. The third-order valence-electron chi connectivity index (χ3n) is 4.47. The van der Waals surface area contributed by atoms with Crippen LogP contribution in [0.3, 0.4) is 0 Å². The molecule has 4 nitrogen and oxygen atoms in total. The third-order valence-corrected chi connectivity index (χ3v) is 4.47. The van der Waals surface area contributed by atoms with Gasteiger partial charge in [-0.25, -0.2) is 0 Å². The summed E-state index contributed by atoms with van der Waals surface area (Å²) >= 11 is 0. The van der Waals surface area contributed by atoms with E-state index in [2.05, 4.69) is 6.07 Å². The molecule has 0 spiro atoms. The van der Waals surface area contributed by atoms with E-state index in [1.165, 1.54) is 5.56 Å². The summed E-state index contributed by atoms with van der Waals surface area (Å²) in [5.74, 6) is 1.13. The number of carbonyl (C=O) groups excluding carboxylic acids is 1. The van der Waals surface area contributed by atoms with Crippen molar-refractivity contribution in [2.24, 2.45) is 5.92 Å². The molecule has 0 radical (unpaired) electrons. The van der Waals surface area contributed by atoms with Crippen molar-refractivity contribution < 1.29 is 14.3 Å². The molecule has 0 heterocycles. The SMILES string of the molecule is COc1ccc(CCCC(=O)C(C#N)CCc2ccc(OC)cc2)cc1. The third kappa shape index (κ3) is 5.93. The summed E-state index contributed by atoms with van der Waals surface area (Å²) < 4.78 is 10.3. The smallest absolute Gasteiger partial charge is 0.150 e. The van der Waals surface area contributed by atoms with E-state index in [-0.39, 0.29) is 5.78 Å². The molecule has 0 aromatic heterocycles. The Kier molecular flexibility index (Phi) is 7.70. The van der Waals surface area contributed by atoms with Crippen LogP contribution in [-0.4, -0.2) is 20.0 Å². The minimum Gasteiger partial charge on any atom is -0.497 e. The summed E-state index contributed by atoms with van der Waals surface area (Å²) in [6, 6.07) is 17.8. The summed E-state index contributed by atoms with van der Waals surface area (Å²) in [6.45, 7) is 0. The van der Waals surface area contributed by atoms with Gasteiger partial charge in [-0.15, -0.1) is 0 Å². The van der Waals surface area contributed by atoms with E-state index in [0.29, 0.717) is 19.3 Å². The molecule has 2 aromatic carbocycles. The molecule has 0 bridgehead atoms. The first-order valence-corrected chi connectivity index (χ1v) is 8.84. The Balaban J connectivity index is 1.77. The van der Waals surface area contributed by atoms with Crippen molar-refractivity contribution in [2.45, 2.75) is 32.1 Å². The van der Waals surface area contributed by atoms with Gasteiger partial charge in [-0.3, -0.25) is 4.79 Å². The van der Waals surface area contributed by atoms with E-state index in [0.717, 1.165) is 29.9 Å². The summed E-state index contributed by atoms with van der Waals surface area (Å²) in [5, 5.41) is 9.33. The Labute approximate surface area is 155 Å². The lowest BCUT2D eigenvalue weighted by Gasteiger charge is -2.09. The van der Waals surface area contributed by atoms with Gasteiger partial charge in [0.1, 0.15) is 23.2 Å². The van der Waals surface area contributed by atoms with Crippen molar-refractivity contribution in [1.29, 1.82) is 5.26 Å². The highest BCUT2D eigenvalue weighted by molar-refractivity contribution is 5.83. The first kappa shape index (κ1) is 19.5. The predicted octanol–water partition coefficient (Wildman–Crippen LogP) is 4.37. The van der Waals surface area contributed by atoms with Crippen LogP contribution in [0.25, 0.3) is 0 Å². The van der Waals surface area contributed by atoms with Gasteiger partial charge in [-0.05, 0) is 61.1 Å². The van der Waals surface area contributed by atoms with Gasteiger partial charge in [0.25, 0.3) is 0 Å². The van der Waals surface area contributed by atoms with Gasteiger partial charge in [-0.1, -0.05) is 24.3 Å². The van der Waals surface area contributed by atoms with Gasteiger partial charge in [0.2, 0.25) is 0 Å². The topological polar surface area (TPSA) is 59.3 Å². The van der Waals surface area contributed by atoms with E-state index >= 15 is 0 Å². The number of benzene rings is 2. The van der Waals surface area contributed by atoms with Gasteiger partial charge in [-0.2, -0.15) is 5.26 Å². The zero-order valence-electron chi connectivity index (χ0n) is 15.4. The number of ketones is 1.